The molecule has 1 aliphatic heterocycles. The molecule has 1 atom stereocenters. The highest BCUT2D eigenvalue weighted by molar-refractivity contribution is 5.19. The molecule has 1 aliphatic rings. The van der Waals surface area contributed by atoms with Gasteiger partial charge in [-0.05, 0) is 18.2 Å². The van der Waals surface area contributed by atoms with Crippen LogP contribution in [-0.4, -0.2) is 71.5 Å². The Labute approximate surface area is 166 Å². The zero-order valence-corrected chi connectivity index (χ0v) is 16.3. The zero-order chi connectivity index (χ0) is 19.8. The third kappa shape index (κ3) is 6.01. The summed E-state index contributed by atoms with van der Waals surface area (Å²) >= 11 is 0. The quantitative estimate of drug-likeness (QED) is 0.636. The van der Waals surface area contributed by atoms with E-state index in [9.17, 15) is 9.50 Å². The van der Waals surface area contributed by atoms with Crippen LogP contribution in [0, 0.1) is 5.82 Å². The molecule has 0 radical (unpaired) electrons. The smallest absolute Gasteiger partial charge is 0.128 e. The van der Waals surface area contributed by atoms with Gasteiger partial charge < -0.3 is 14.4 Å². The maximum absolute atomic E-state index is 14.0. The summed E-state index contributed by atoms with van der Waals surface area (Å²) in [6.07, 6.45) is 3.39. The largest absolute Gasteiger partial charge is 0.390 e. The Morgan fingerprint density at radius 3 is 2.75 bits per heavy atom. The molecule has 28 heavy (non-hydrogen) atoms. The van der Waals surface area contributed by atoms with Crippen LogP contribution in [0.4, 0.5) is 4.39 Å². The first-order valence-corrected chi connectivity index (χ1v) is 9.84. The highest BCUT2D eigenvalue weighted by Gasteiger charge is 2.18. The monoisotopic (exact) mass is 387 g/mol. The molecule has 6 heteroatoms. The van der Waals surface area contributed by atoms with E-state index in [2.05, 4.69) is 20.9 Å². The Balaban J connectivity index is 1.60. The van der Waals surface area contributed by atoms with E-state index in [-0.39, 0.29) is 5.82 Å². The number of nitrogens with zero attached hydrogens (tertiary/aromatic N) is 3. The van der Waals surface area contributed by atoms with Crippen molar-refractivity contribution in [3.05, 3.63) is 72.3 Å². The Morgan fingerprint density at radius 1 is 1.21 bits per heavy atom. The van der Waals surface area contributed by atoms with Crippen LogP contribution >= 0.6 is 0 Å². The predicted octanol–water partition coefficient (Wildman–Crippen LogP) is 2.36. The van der Waals surface area contributed by atoms with E-state index in [1.54, 1.807) is 6.07 Å². The van der Waals surface area contributed by atoms with Gasteiger partial charge in [0.25, 0.3) is 0 Å². The van der Waals surface area contributed by atoms with Crippen molar-refractivity contribution < 1.29 is 14.2 Å². The lowest BCUT2D eigenvalue weighted by Crippen LogP contribution is -2.44. The molecule has 2 aromatic rings. The Kier molecular flexibility index (Phi) is 7.80. The summed E-state index contributed by atoms with van der Waals surface area (Å²) in [6, 6.07) is 10.9. The van der Waals surface area contributed by atoms with E-state index < -0.39 is 6.10 Å². The van der Waals surface area contributed by atoms with E-state index in [4.69, 9.17) is 4.74 Å². The van der Waals surface area contributed by atoms with Gasteiger partial charge >= 0.3 is 0 Å². The molecular weight excluding hydrogens is 357 g/mol. The van der Waals surface area contributed by atoms with Gasteiger partial charge in [-0.15, -0.1) is 6.58 Å². The first-order valence-electron chi connectivity index (χ1n) is 9.84. The fraction of sp³-hybridized carbons (Fsp3) is 0.455. The minimum absolute atomic E-state index is 0.189. The fourth-order valence-electron chi connectivity index (χ4n) is 3.61. The normalized spacial score (nSPS) is 16.4. The highest BCUT2D eigenvalue weighted by Crippen LogP contribution is 2.14. The van der Waals surface area contributed by atoms with Gasteiger partial charge in [-0.2, -0.15) is 0 Å². The van der Waals surface area contributed by atoms with Crippen LogP contribution in [0.5, 0.6) is 0 Å². The van der Waals surface area contributed by atoms with Crippen molar-refractivity contribution in [1.82, 2.24) is 14.4 Å². The number of aromatic nitrogens is 1. The van der Waals surface area contributed by atoms with E-state index in [1.807, 2.05) is 36.5 Å². The molecule has 0 spiro atoms. The molecule has 0 bridgehead atoms. The maximum atomic E-state index is 14.0. The minimum atomic E-state index is -0.437. The van der Waals surface area contributed by atoms with E-state index >= 15 is 0 Å². The van der Waals surface area contributed by atoms with E-state index in [1.165, 1.54) is 6.07 Å². The molecule has 5 nitrogen and oxygen atoms in total. The van der Waals surface area contributed by atoms with Crippen molar-refractivity contribution in [2.75, 3.05) is 45.9 Å². The van der Waals surface area contributed by atoms with Gasteiger partial charge in [0, 0.05) is 56.7 Å². The van der Waals surface area contributed by atoms with Crippen molar-refractivity contribution in [1.29, 1.82) is 0 Å². The summed E-state index contributed by atoms with van der Waals surface area (Å²) in [7, 11) is 0. The van der Waals surface area contributed by atoms with Crippen molar-refractivity contribution in [3.63, 3.8) is 0 Å². The number of hydrogen-bond acceptors (Lipinski definition) is 4. The van der Waals surface area contributed by atoms with Gasteiger partial charge in [0.05, 0.1) is 25.9 Å². The lowest BCUT2D eigenvalue weighted by Gasteiger charge is -2.31. The van der Waals surface area contributed by atoms with Crippen LogP contribution in [0.25, 0.3) is 0 Å². The second-order valence-corrected chi connectivity index (χ2v) is 7.27. The summed E-state index contributed by atoms with van der Waals surface area (Å²) in [4.78, 5) is 4.41. The third-order valence-corrected chi connectivity index (χ3v) is 5.04. The van der Waals surface area contributed by atoms with Crippen molar-refractivity contribution >= 4 is 0 Å². The molecule has 2 heterocycles. The van der Waals surface area contributed by atoms with Crippen LogP contribution in [-0.2, 0) is 17.8 Å². The molecule has 0 unspecified atom stereocenters. The molecule has 1 aromatic heterocycles. The average molecular weight is 387 g/mol. The molecule has 1 fully saturated rings. The van der Waals surface area contributed by atoms with E-state index in [0.29, 0.717) is 38.3 Å². The SMILES string of the molecule is C=CCN(Cc1cccn1Cc1ccccc1F)C[C@@H](O)CN1CCOCC1. The number of benzene rings is 1. The third-order valence-electron chi connectivity index (χ3n) is 5.04. The summed E-state index contributed by atoms with van der Waals surface area (Å²) in [5, 5.41) is 10.6. The standard InChI is InChI=1S/C22H30FN3O2/c1-2-9-25(18-21(27)17-24-11-13-28-14-12-24)16-20-7-5-10-26(20)15-19-6-3-4-8-22(19)23/h2-8,10,21,27H,1,9,11-18H2/t21-/m0/s1. The van der Waals surface area contributed by atoms with Crippen LogP contribution in [0.2, 0.25) is 0 Å². The minimum Gasteiger partial charge on any atom is -0.390 e. The second kappa shape index (κ2) is 10.5. The number of rotatable bonds is 10. The number of morpholine rings is 1. The molecular formula is C22H30FN3O2. The molecule has 152 valence electrons. The number of ether oxygens (including phenoxy) is 1. The first kappa shape index (κ1) is 20.7. The summed E-state index contributed by atoms with van der Waals surface area (Å²) in [5.41, 5.74) is 1.76. The molecule has 1 N–H and O–H groups in total. The van der Waals surface area contributed by atoms with Gasteiger partial charge in [-0.3, -0.25) is 9.80 Å². The number of hydrogen-bond donors (Lipinski definition) is 1. The topological polar surface area (TPSA) is 40.9 Å². The Morgan fingerprint density at radius 2 is 2.00 bits per heavy atom. The van der Waals surface area contributed by atoms with Gasteiger partial charge in [0.15, 0.2) is 0 Å². The summed E-state index contributed by atoms with van der Waals surface area (Å²) < 4.78 is 21.4. The number of β-amino-alcohol motifs (C(OH)–C–C–N with tert-alkyl or cyclic N) is 1. The van der Waals surface area contributed by atoms with Crippen molar-refractivity contribution in [2.24, 2.45) is 0 Å². The molecule has 1 aromatic carbocycles. The van der Waals surface area contributed by atoms with Gasteiger partial charge in [0.2, 0.25) is 0 Å². The lowest BCUT2D eigenvalue weighted by atomic mass is 10.2. The molecule has 1 saturated heterocycles. The number of aliphatic hydroxyl groups is 1. The lowest BCUT2D eigenvalue weighted by molar-refractivity contribution is 0.00705. The van der Waals surface area contributed by atoms with Crippen LogP contribution in [0.15, 0.2) is 55.3 Å². The zero-order valence-electron chi connectivity index (χ0n) is 16.3. The Bertz CT molecular complexity index is 743. The van der Waals surface area contributed by atoms with Crippen molar-refractivity contribution in [2.45, 2.75) is 19.2 Å². The van der Waals surface area contributed by atoms with Crippen LogP contribution < -0.4 is 0 Å². The van der Waals surface area contributed by atoms with Crippen LogP contribution in [0.3, 0.4) is 0 Å². The maximum Gasteiger partial charge on any atom is 0.128 e. The molecule has 0 saturated carbocycles. The summed E-state index contributed by atoms with van der Waals surface area (Å²) in [6.45, 7) is 10.1. The van der Waals surface area contributed by atoms with Gasteiger partial charge in [0.1, 0.15) is 5.82 Å². The first-order chi connectivity index (χ1) is 13.7. The highest BCUT2D eigenvalue weighted by atomic mass is 19.1. The molecule has 0 aliphatic carbocycles. The number of halogens is 1. The predicted molar refractivity (Wildman–Crippen MR) is 109 cm³/mol. The number of aliphatic hydroxyl groups excluding tert-OH is 1. The average Bonchev–Trinajstić information content (AvgIpc) is 3.11. The Hall–Kier alpha value is -1.99. The second-order valence-electron chi connectivity index (χ2n) is 7.27. The molecule has 3 rings (SSSR count). The summed E-state index contributed by atoms with van der Waals surface area (Å²) in [5.74, 6) is -0.189. The fourth-order valence-corrected chi connectivity index (χ4v) is 3.61. The van der Waals surface area contributed by atoms with Gasteiger partial charge in [-0.1, -0.05) is 24.3 Å². The van der Waals surface area contributed by atoms with Crippen molar-refractivity contribution in [3.8, 4) is 0 Å². The van der Waals surface area contributed by atoms with Crippen LogP contribution in [0.1, 0.15) is 11.3 Å². The van der Waals surface area contributed by atoms with E-state index in [0.717, 1.165) is 32.0 Å². The van der Waals surface area contributed by atoms with Gasteiger partial charge in [-0.25, -0.2) is 4.39 Å². The molecule has 0 amide bonds.